The molecule has 1 aromatic rings. The molecule has 0 bridgehead atoms. The number of anilines is 1. The molecule has 0 saturated heterocycles. The van der Waals surface area contributed by atoms with E-state index < -0.39 is 0 Å². The van der Waals surface area contributed by atoms with Crippen LogP contribution in [0.3, 0.4) is 0 Å². The van der Waals surface area contributed by atoms with Crippen molar-refractivity contribution in [3.05, 3.63) is 54.9 Å². The quantitative estimate of drug-likeness (QED) is 0.685. The molecular formula is C14H19N. The molecule has 0 N–H and O–H groups in total. The van der Waals surface area contributed by atoms with E-state index in [0.717, 1.165) is 12.8 Å². The second-order valence-corrected chi connectivity index (χ2v) is 3.35. The summed E-state index contributed by atoms with van der Waals surface area (Å²) >= 11 is 0. The molecule has 0 fully saturated rings. The highest BCUT2D eigenvalue weighted by Gasteiger charge is 2.05. The third-order valence-corrected chi connectivity index (χ3v) is 2.33. The van der Waals surface area contributed by atoms with E-state index in [1.807, 2.05) is 24.4 Å². The van der Waals surface area contributed by atoms with E-state index in [0.29, 0.717) is 0 Å². The second-order valence-electron chi connectivity index (χ2n) is 3.35. The fraction of sp³-hybridized carbons (Fsp3) is 0.286. The van der Waals surface area contributed by atoms with E-state index in [4.69, 9.17) is 0 Å². The first-order chi connectivity index (χ1) is 7.33. The maximum Gasteiger partial charge on any atom is 0.0451 e. The zero-order valence-corrected chi connectivity index (χ0v) is 9.61. The molecule has 1 heteroatoms. The van der Waals surface area contributed by atoms with Crippen LogP contribution in [0, 0.1) is 0 Å². The standard InChI is InChI=1S/C14H19N/c1-4-10-13(5-2)15(6-3)14-11-8-7-9-12-14/h6-12H,3-5H2,1-2H3/b13-10+. The summed E-state index contributed by atoms with van der Waals surface area (Å²) in [6.07, 6.45) is 6.20. The van der Waals surface area contributed by atoms with E-state index in [2.05, 4.69) is 43.5 Å². The Labute approximate surface area is 92.7 Å². The normalized spacial score (nSPS) is 11.2. The Morgan fingerprint density at radius 1 is 1.27 bits per heavy atom. The van der Waals surface area contributed by atoms with Crippen molar-refractivity contribution in [3.8, 4) is 0 Å². The first-order valence-corrected chi connectivity index (χ1v) is 5.49. The fourth-order valence-corrected chi connectivity index (χ4v) is 1.63. The minimum atomic E-state index is 1.02. The van der Waals surface area contributed by atoms with Gasteiger partial charge in [0.25, 0.3) is 0 Å². The summed E-state index contributed by atoms with van der Waals surface area (Å²) in [5, 5.41) is 0. The lowest BCUT2D eigenvalue weighted by Crippen LogP contribution is -2.14. The zero-order valence-electron chi connectivity index (χ0n) is 9.61. The van der Waals surface area contributed by atoms with Crippen molar-refractivity contribution in [1.82, 2.24) is 0 Å². The highest BCUT2D eigenvalue weighted by atomic mass is 15.1. The molecule has 0 unspecified atom stereocenters. The Hall–Kier alpha value is -1.50. The molecule has 0 aliphatic carbocycles. The Balaban J connectivity index is 2.98. The summed E-state index contributed by atoms with van der Waals surface area (Å²) in [7, 11) is 0. The number of hydrogen-bond donors (Lipinski definition) is 0. The van der Waals surface area contributed by atoms with Crippen LogP contribution in [0.1, 0.15) is 26.7 Å². The van der Waals surface area contributed by atoms with Gasteiger partial charge >= 0.3 is 0 Å². The molecule has 0 spiro atoms. The number of para-hydroxylation sites is 1. The van der Waals surface area contributed by atoms with Crippen LogP contribution in [-0.2, 0) is 0 Å². The highest BCUT2D eigenvalue weighted by molar-refractivity contribution is 5.54. The van der Waals surface area contributed by atoms with Gasteiger partial charge in [-0.25, -0.2) is 0 Å². The summed E-state index contributed by atoms with van der Waals surface area (Å²) in [5.74, 6) is 0. The van der Waals surface area contributed by atoms with Gasteiger partial charge < -0.3 is 4.90 Å². The van der Waals surface area contributed by atoms with E-state index in [1.54, 1.807) is 0 Å². The lowest BCUT2D eigenvalue weighted by atomic mass is 10.2. The molecule has 0 radical (unpaired) electrons. The smallest absolute Gasteiger partial charge is 0.0451 e. The molecular weight excluding hydrogens is 182 g/mol. The molecule has 0 saturated carbocycles. The van der Waals surface area contributed by atoms with Gasteiger partial charge in [0.1, 0.15) is 0 Å². The van der Waals surface area contributed by atoms with Crippen molar-refractivity contribution in [2.75, 3.05) is 4.90 Å². The molecule has 1 aromatic carbocycles. The largest absolute Gasteiger partial charge is 0.322 e. The van der Waals surface area contributed by atoms with E-state index >= 15 is 0 Å². The lowest BCUT2D eigenvalue weighted by Gasteiger charge is -2.22. The molecule has 0 amide bonds. The van der Waals surface area contributed by atoms with Crippen LogP contribution in [-0.4, -0.2) is 0 Å². The maximum atomic E-state index is 3.87. The monoisotopic (exact) mass is 201 g/mol. The lowest BCUT2D eigenvalue weighted by molar-refractivity contribution is 0.984. The summed E-state index contributed by atoms with van der Waals surface area (Å²) in [6, 6.07) is 10.3. The van der Waals surface area contributed by atoms with Gasteiger partial charge in [0.05, 0.1) is 0 Å². The van der Waals surface area contributed by atoms with Crippen LogP contribution < -0.4 is 4.90 Å². The van der Waals surface area contributed by atoms with Crippen molar-refractivity contribution < 1.29 is 0 Å². The van der Waals surface area contributed by atoms with Crippen molar-refractivity contribution >= 4 is 5.69 Å². The van der Waals surface area contributed by atoms with Gasteiger partial charge in [-0.1, -0.05) is 44.7 Å². The number of benzene rings is 1. The van der Waals surface area contributed by atoms with Gasteiger partial charge in [0, 0.05) is 17.6 Å². The molecule has 0 aliphatic heterocycles. The molecule has 1 rings (SSSR count). The van der Waals surface area contributed by atoms with Gasteiger partial charge in [-0.05, 0) is 25.0 Å². The van der Waals surface area contributed by atoms with Crippen LogP contribution in [0.25, 0.3) is 0 Å². The Bertz CT molecular complexity index is 324. The molecule has 80 valence electrons. The number of allylic oxidation sites excluding steroid dienone is 2. The topological polar surface area (TPSA) is 3.24 Å². The zero-order chi connectivity index (χ0) is 11.1. The third-order valence-electron chi connectivity index (χ3n) is 2.33. The number of hydrogen-bond acceptors (Lipinski definition) is 1. The van der Waals surface area contributed by atoms with Crippen molar-refractivity contribution in [2.45, 2.75) is 26.7 Å². The average Bonchev–Trinajstić information content (AvgIpc) is 2.30. The summed E-state index contributed by atoms with van der Waals surface area (Å²) in [5.41, 5.74) is 2.48. The minimum Gasteiger partial charge on any atom is -0.322 e. The van der Waals surface area contributed by atoms with Gasteiger partial charge in [0.15, 0.2) is 0 Å². The highest BCUT2D eigenvalue weighted by Crippen LogP contribution is 2.21. The van der Waals surface area contributed by atoms with Crippen LogP contribution in [0.2, 0.25) is 0 Å². The second kappa shape index (κ2) is 6.07. The van der Waals surface area contributed by atoms with E-state index in [1.165, 1.54) is 11.4 Å². The van der Waals surface area contributed by atoms with Crippen LogP contribution >= 0.6 is 0 Å². The van der Waals surface area contributed by atoms with Crippen LogP contribution in [0.5, 0.6) is 0 Å². The fourth-order valence-electron chi connectivity index (χ4n) is 1.63. The van der Waals surface area contributed by atoms with E-state index in [-0.39, 0.29) is 0 Å². The molecule has 1 nitrogen and oxygen atoms in total. The molecule has 0 aliphatic rings. The Kier molecular flexibility index (Phi) is 4.69. The van der Waals surface area contributed by atoms with Crippen LogP contribution in [0.4, 0.5) is 5.69 Å². The molecule has 0 heterocycles. The van der Waals surface area contributed by atoms with Crippen LogP contribution in [0.15, 0.2) is 54.9 Å². The first-order valence-electron chi connectivity index (χ1n) is 5.49. The number of rotatable bonds is 5. The maximum absolute atomic E-state index is 3.87. The van der Waals surface area contributed by atoms with Crippen molar-refractivity contribution in [3.63, 3.8) is 0 Å². The summed E-state index contributed by atoms with van der Waals surface area (Å²) in [4.78, 5) is 2.14. The number of nitrogens with zero attached hydrogens (tertiary/aromatic N) is 1. The third kappa shape index (κ3) is 2.98. The molecule has 0 aromatic heterocycles. The van der Waals surface area contributed by atoms with Gasteiger partial charge in [0.2, 0.25) is 0 Å². The van der Waals surface area contributed by atoms with E-state index in [9.17, 15) is 0 Å². The first kappa shape index (κ1) is 11.6. The van der Waals surface area contributed by atoms with Gasteiger partial charge in [-0.3, -0.25) is 0 Å². The Morgan fingerprint density at radius 2 is 1.93 bits per heavy atom. The summed E-state index contributed by atoms with van der Waals surface area (Å²) < 4.78 is 0. The van der Waals surface area contributed by atoms with Gasteiger partial charge in [-0.15, -0.1) is 0 Å². The van der Waals surface area contributed by atoms with Crippen molar-refractivity contribution in [2.24, 2.45) is 0 Å². The molecule has 15 heavy (non-hydrogen) atoms. The SMILES string of the molecule is C=CN(/C(=C/CC)CC)c1ccccc1. The molecule has 0 atom stereocenters. The minimum absolute atomic E-state index is 1.02. The van der Waals surface area contributed by atoms with Crippen molar-refractivity contribution in [1.29, 1.82) is 0 Å². The Morgan fingerprint density at radius 3 is 2.40 bits per heavy atom. The predicted molar refractivity (Wildman–Crippen MR) is 67.8 cm³/mol. The average molecular weight is 201 g/mol. The summed E-state index contributed by atoms with van der Waals surface area (Å²) in [6.45, 7) is 8.20. The predicted octanol–water partition coefficient (Wildman–Crippen LogP) is 4.34. The van der Waals surface area contributed by atoms with Gasteiger partial charge in [-0.2, -0.15) is 0 Å².